The molecule has 0 saturated carbocycles. The van der Waals surface area contributed by atoms with Crippen molar-refractivity contribution in [3.63, 3.8) is 0 Å². The molecule has 2 heterocycles. The van der Waals surface area contributed by atoms with Crippen LogP contribution >= 0.6 is 0 Å². The summed E-state index contributed by atoms with van der Waals surface area (Å²) in [5, 5.41) is 7.82. The van der Waals surface area contributed by atoms with E-state index in [1.54, 1.807) is 0 Å². The molecule has 1 atom stereocenters. The van der Waals surface area contributed by atoms with E-state index in [-0.39, 0.29) is 11.9 Å². The van der Waals surface area contributed by atoms with E-state index in [0.29, 0.717) is 19.4 Å². The molecule has 5 nitrogen and oxygen atoms in total. The summed E-state index contributed by atoms with van der Waals surface area (Å²) in [6.07, 6.45) is 3.09. The van der Waals surface area contributed by atoms with Crippen LogP contribution in [-0.2, 0) is 35.5 Å². The Kier molecular flexibility index (Phi) is 5.87. The van der Waals surface area contributed by atoms with Gasteiger partial charge in [-0.25, -0.2) is 0 Å². The Morgan fingerprint density at radius 3 is 2.92 bits per heavy atom. The number of nitrogens with one attached hydrogen (secondary N) is 1. The molecule has 1 aromatic heterocycles. The first-order valence-corrected chi connectivity index (χ1v) is 9.18. The highest BCUT2D eigenvalue weighted by atomic mass is 16.5. The van der Waals surface area contributed by atoms with Crippen molar-refractivity contribution >= 4 is 5.91 Å². The Morgan fingerprint density at radius 2 is 2.16 bits per heavy atom. The molecule has 2 aromatic rings. The van der Waals surface area contributed by atoms with Gasteiger partial charge in [0.25, 0.3) is 0 Å². The van der Waals surface area contributed by atoms with Crippen molar-refractivity contribution < 1.29 is 9.53 Å². The van der Waals surface area contributed by atoms with E-state index in [0.717, 1.165) is 37.3 Å². The summed E-state index contributed by atoms with van der Waals surface area (Å²) in [6.45, 7) is 6.48. The largest absolute Gasteiger partial charge is 0.376 e. The predicted molar refractivity (Wildman–Crippen MR) is 97.2 cm³/mol. The van der Waals surface area contributed by atoms with Crippen molar-refractivity contribution in [2.75, 3.05) is 6.61 Å². The zero-order chi connectivity index (χ0) is 17.6. The minimum absolute atomic E-state index is 0.0172. The van der Waals surface area contributed by atoms with Crippen LogP contribution in [0.1, 0.15) is 55.2 Å². The van der Waals surface area contributed by atoms with Gasteiger partial charge in [0, 0.05) is 37.1 Å². The zero-order valence-electron chi connectivity index (χ0n) is 15.1. The van der Waals surface area contributed by atoms with E-state index in [1.165, 1.54) is 11.3 Å². The number of hydrogen-bond acceptors (Lipinski definition) is 3. The second-order valence-corrected chi connectivity index (χ2v) is 6.60. The summed E-state index contributed by atoms with van der Waals surface area (Å²) in [7, 11) is 0. The third-order valence-corrected chi connectivity index (χ3v) is 4.68. The molecule has 0 spiro atoms. The molecule has 0 radical (unpaired) electrons. The summed E-state index contributed by atoms with van der Waals surface area (Å²) in [5.74, 6) is 0.0619. The lowest BCUT2D eigenvalue weighted by Gasteiger charge is -2.15. The van der Waals surface area contributed by atoms with Crippen LogP contribution in [0.3, 0.4) is 0 Å². The molecule has 1 aliphatic heterocycles. The van der Waals surface area contributed by atoms with Gasteiger partial charge in [-0.1, -0.05) is 37.3 Å². The Hall–Kier alpha value is -2.14. The minimum atomic E-state index is 0.0172. The minimum Gasteiger partial charge on any atom is -0.376 e. The van der Waals surface area contributed by atoms with Gasteiger partial charge in [0.05, 0.1) is 24.9 Å². The molecule has 0 fully saturated rings. The average molecular weight is 341 g/mol. The van der Waals surface area contributed by atoms with Gasteiger partial charge in [-0.2, -0.15) is 5.10 Å². The fourth-order valence-electron chi connectivity index (χ4n) is 3.35. The average Bonchev–Trinajstić information content (AvgIpc) is 2.99. The number of ether oxygens (including phenoxy) is 1. The monoisotopic (exact) mass is 341 g/mol. The first-order chi connectivity index (χ1) is 12.2. The molecular weight excluding hydrogens is 314 g/mol. The molecule has 1 N–H and O–H groups in total. The SMILES string of the molecule is CCCn1nc(CCC(=O)NC(C)c2ccccc2)c2c1CCOC2. The second-order valence-electron chi connectivity index (χ2n) is 6.60. The number of fused-ring (bicyclic) bond motifs is 1. The van der Waals surface area contributed by atoms with Crippen molar-refractivity contribution in [2.24, 2.45) is 0 Å². The van der Waals surface area contributed by atoms with Gasteiger partial charge in [-0.05, 0) is 18.9 Å². The van der Waals surface area contributed by atoms with E-state index < -0.39 is 0 Å². The fourth-order valence-corrected chi connectivity index (χ4v) is 3.35. The molecule has 0 saturated heterocycles. The topological polar surface area (TPSA) is 56.2 Å². The second kappa shape index (κ2) is 8.30. The first-order valence-electron chi connectivity index (χ1n) is 9.18. The Morgan fingerprint density at radius 1 is 1.36 bits per heavy atom. The van der Waals surface area contributed by atoms with Crippen LogP contribution in [0.2, 0.25) is 0 Å². The van der Waals surface area contributed by atoms with E-state index in [1.807, 2.05) is 37.3 Å². The lowest BCUT2D eigenvalue weighted by Crippen LogP contribution is -2.27. The molecule has 25 heavy (non-hydrogen) atoms. The number of nitrogens with zero attached hydrogens (tertiary/aromatic N) is 2. The van der Waals surface area contributed by atoms with Gasteiger partial charge in [0.15, 0.2) is 0 Å². The summed E-state index contributed by atoms with van der Waals surface area (Å²) >= 11 is 0. The Bertz CT molecular complexity index is 709. The summed E-state index contributed by atoms with van der Waals surface area (Å²) in [4.78, 5) is 12.3. The van der Waals surface area contributed by atoms with Crippen molar-refractivity contribution in [2.45, 2.75) is 58.7 Å². The van der Waals surface area contributed by atoms with Crippen LogP contribution in [0.4, 0.5) is 0 Å². The van der Waals surface area contributed by atoms with Crippen molar-refractivity contribution in [1.82, 2.24) is 15.1 Å². The third kappa shape index (κ3) is 4.28. The number of amides is 1. The number of carbonyl (C=O) groups is 1. The third-order valence-electron chi connectivity index (χ3n) is 4.68. The molecular formula is C20H27N3O2. The number of hydrogen-bond donors (Lipinski definition) is 1. The molecule has 0 aliphatic carbocycles. The molecule has 3 rings (SSSR count). The van der Waals surface area contributed by atoms with Crippen LogP contribution in [0, 0.1) is 0 Å². The normalized spacial score (nSPS) is 14.8. The van der Waals surface area contributed by atoms with Crippen LogP contribution in [0.5, 0.6) is 0 Å². The first kappa shape index (κ1) is 17.7. The van der Waals surface area contributed by atoms with Crippen LogP contribution in [0.15, 0.2) is 30.3 Å². The zero-order valence-corrected chi connectivity index (χ0v) is 15.1. The Labute approximate surface area is 149 Å². The highest BCUT2D eigenvalue weighted by Gasteiger charge is 2.21. The Balaban J connectivity index is 1.60. The van der Waals surface area contributed by atoms with E-state index in [2.05, 4.69) is 16.9 Å². The molecule has 0 bridgehead atoms. The number of benzene rings is 1. The standard InChI is InChI=1S/C20H27N3O2/c1-3-12-23-19-11-13-25-14-17(19)18(22-23)9-10-20(24)21-15(2)16-7-5-4-6-8-16/h4-8,15H,3,9-14H2,1-2H3,(H,21,24). The summed E-state index contributed by atoms with van der Waals surface area (Å²) in [6, 6.07) is 10.0. The number of carbonyl (C=O) groups excluding carboxylic acids is 1. The highest BCUT2D eigenvalue weighted by molar-refractivity contribution is 5.76. The predicted octanol–water partition coefficient (Wildman–Crippen LogP) is 3.18. The van der Waals surface area contributed by atoms with Gasteiger partial charge in [0.1, 0.15) is 0 Å². The molecule has 1 aromatic carbocycles. The van der Waals surface area contributed by atoms with Crippen LogP contribution < -0.4 is 5.32 Å². The maximum absolute atomic E-state index is 12.3. The summed E-state index contributed by atoms with van der Waals surface area (Å²) < 4.78 is 7.71. The number of aromatic nitrogens is 2. The smallest absolute Gasteiger partial charge is 0.220 e. The fraction of sp³-hybridized carbons (Fsp3) is 0.500. The van der Waals surface area contributed by atoms with Gasteiger partial charge in [0.2, 0.25) is 5.91 Å². The molecule has 1 aliphatic rings. The highest BCUT2D eigenvalue weighted by Crippen LogP contribution is 2.22. The van der Waals surface area contributed by atoms with E-state index in [9.17, 15) is 4.79 Å². The number of aryl methyl sites for hydroxylation is 2. The van der Waals surface area contributed by atoms with Crippen molar-refractivity contribution in [3.8, 4) is 0 Å². The van der Waals surface area contributed by atoms with Gasteiger partial charge in [-0.3, -0.25) is 9.48 Å². The molecule has 1 amide bonds. The van der Waals surface area contributed by atoms with Gasteiger partial charge in [-0.15, -0.1) is 0 Å². The quantitative estimate of drug-likeness (QED) is 0.841. The maximum Gasteiger partial charge on any atom is 0.220 e. The lowest BCUT2D eigenvalue weighted by atomic mass is 10.1. The molecule has 1 unspecified atom stereocenters. The van der Waals surface area contributed by atoms with Gasteiger partial charge >= 0.3 is 0 Å². The molecule has 5 heteroatoms. The van der Waals surface area contributed by atoms with E-state index in [4.69, 9.17) is 9.84 Å². The summed E-state index contributed by atoms with van der Waals surface area (Å²) in [5.41, 5.74) is 4.63. The van der Waals surface area contributed by atoms with E-state index >= 15 is 0 Å². The van der Waals surface area contributed by atoms with Crippen molar-refractivity contribution in [1.29, 1.82) is 0 Å². The van der Waals surface area contributed by atoms with Gasteiger partial charge < -0.3 is 10.1 Å². The maximum atomic E-state index is 12.3. The molecule has 134 valence electrons. The van der Waals surface area contributed by atoms with Crippen molar-refractivity contribution in [3.05, 3.63) is 52.8 Å². The number of rotatable bonds is 7. The lowest BCUT2D eigenvalue weighted by molar-refractivity contribution is -0.121. The van der Waals surface area contributed by atoms with Crippen LogP contribution in [-0.4, -0.2) is 22.3 Å². The van der Waals surface area contributed by atoms with Crippen LogP contribution in [0.25, 0.3) is 0 Å².